The molecule has 0 unspecified atom stereocenters. The number of rotatable bonds is 6. The van der Waals surface area contributed by atoms with E-state index >= 15 is 0 Å². The van der Waals surface area contributed by atoms with Gasteiger partial charge in [0.25, 0.3) is 11.5 Å². The molecule has 0 atom stereocenters. The van der Waals surface area contributed by atoms with Crippen molar-refractivity contribution in [3.63, 3.8) is 0 Å². The van der Waals surface area contributed by atoms with E-state index in [1.807, 2.05) is 41.5 Å². The number of halogens is 4. The van der Waals surface area contributed by atoms with Crippen LogP contribution in [0.5, 0.6) is 5.88 Å². The molecule has 55 heavy (non-hydrogen) atoms. The molecule has 14 nitrogen and oxygen atoms in total. The zero-order valence-electron chi connectivity index (χ0n) is 31.4. The van der Waals surface area contributed by atoms with Crippen molar-refractivity contribution in [2.24, 2.45) is 0 Å². The van der Waals surface area contributed by atoms with Crippen LogP contribution in [0.15, 0.2) is 29.3 Å². The quantitative estimate of drug-likeness (QED) is 0.172. The topological polar surface area (TPSA) is 181 Å². The van der Waals surface area contributed by atoms with Crippen LogP contribution in [-0.4, -0.2) is 81.2 Å². The fraction of sp³-hybridized carbons (Fsp3) is 0.622. The Balaban J connectivity index is 0.000000335. The highest BCUT2D eigenvalue weighted by Crippen LogP contribution is 2.36. The number of carbonyl (C=O) groups excluding carboxylic acids is 4. The molecule has 3 aliphatic rings. The molecule has 0 bridgehead atoms. The second-order valence-electron chi connectivity index (χ2n) is 15.1. The van der Waals surface area contributed by atoms with Gasteiger partial charge in [-0.15, -0.1) is 11.6 Å². The Morgan fingerprint density at radius 2 is 1.36 bits per heavy atom. The Kier molecular flexibility index (Phi) is 18.1. The molecular formula is C37H54Cl2F2N6O8. The molecule has 2 saturated carbocycles. The minimum absolute atomic E-state index is 0. The van der Waals surface area contributed by atoms with Crippen molar-refractivity contribution in [2.45, 2.75) is 136 Å². The van der Waals surface area contributed by atoms with Gasteiger partial charge in [-0.3, -0.25) is 14.4 Å². The lowest BCUT2D eigenvalue weighted by atomic mass is 9.89. The van der Waals surface area contributed by atoms with Crippen molar-refractivity contribution in [2.75, 3.05) is 22.7 Å². The van der Waals surface area contributed by atoms with Gasteiger partial charge in [-0.1, -0.05) is 7.43 Å². The molecule has 308 valence electrons. The van der Waals surface area contributed by atoms with Gasteiger partial charge in [0, 0.05) is 42.5 Å². The van der Waals surface area contributed by atoms with E-state index < -0.39 is 40.3 Å². The maximum atomic E-state index is 13.6. The maximum Gasteiger partial charge on any atom is 0.407 e. The van der Waals surface area contributed by atoms with Crippen LogP contribution in [0, 0.1) is 11.6 Å². The highest BCUT2D eigenvalue weighted by Gasteiger charge is 2.36. The standard InChI is InChI=1S/C18H24FN3O4.C16H24FN3O3.C2H2Cl2O.CH4/c1-18(2,3)26-17(24)21-12-4-6-13(7-5-12)22-14-8-11(19)9-20-16(14)25-10-15(22)23;1-16(2,3)23-15(22)20-12-6-4-11(5-7-12)19-13-8-10(17)9-18-14(13)21;3-1-2(4)5;/h8-9,12-13H,4-7,10H2,1-3H3,(H,21,24);8-9,11-12,19H,4-7H2,1-3H3,(H,18,21)(H,20,22);1H2;1H4. The Morgan fingerprint density at radius 3 is 1.85 bits per heavy atom. The molecule has 0 aromatic carbocycles. The molecule has 2 fully saturated rings. The summed E-state index contributed by atoms with van der Waals surface area (Å²) in [6.07, 6.45) is 7.24. The fourth-order valence-electron chi connectivity index (χ4n) is 6.03. The van der Waals surface area contributed by atoms with Crippen molar-refractivity contribution in [1.29, 1.82) is 0 Å². The molecule has 0 radical (unpaired) electrons. The lowest BCUT2D eigenvalue weighted by molar-refractivity contribution is -0.122. The molecule has 2 aliphatic carbocycles. The molecule has 18 heteroatoms. The third-order valence-corrected chi connectivity index (χ3v) is 8.74. The van der Waals surface area contributed by atoms with E-state index in [9.17, 15) is 32.8 Å². The van der Waals surface area contributed by atoms with Crippen molar-refractivity contribution >= 4 is 57.9 Å². The van der Waals surface area contributed by atoms with Gasteiger partial charge in [-0.25, -0.2) is 23.4 Å². The van der Waals surface area contributed by atoms with Gasteiger partial charge in [0.05, 0.1) is 12.1 Å². The number of hydrogen-bond donors (Lipinski definition) is 4. The third kappa shape index (κ3) is 16.6. The first-order chi connectivity index (χ1) is 25.2. The fourth-order valence-corrected chi connectivity index (χ4v) is 6.03. The number of nitrogens with zero attached hydrogens (tertiary/aromatic N) is 2. The number of anilines is 2. The first kappa shape index (κ1) is 47.0. The first-order valence-electron chi connectivity index (χ1n) is 17.7. The van der Waals surface area contributed by atoms with Gasteiger partial charge < -0.3 is 40.0 Å². The van der Waals surface area contributed by atoms with Gasteiger partial charge in [0.15, 0.2) is 6.61 Å². The summed E-state index contributed by atoms with van der Waals surface area (Å²) in [6, 6.07) is 2.57. The Labute approximate surface area is 330 Å². The van der Waals surface area contributed by atoms with E-state index in [-0.39, 0.29) is 67.1 Å². The molecule has 0 spiro atoms. The number of amides is 3. The molecule has 1 aliphatic heterocycles. The maximum absolute atomic E-state index is 13.6. The van der Waals surface area contributed by atoms with Crippen molar-refractivity contribution in [3.8, 4) is 5.88 Å². The summed E-state index contributed by atoms with van der Waals surface area (Å²) in [6.45, 7) is 10.8. The second-order valence-corrected chi connectivity index (χ2v) is 15.8. The van der Waals surface area contributed by atoms with E-state index in [1.54, 1.807) is 4.90 Å². The largest absolute Gasteiger partial charge is 0.466 e. The zero-order chi connectivity index (χ0) is 40.2. The number of alkyl halides is 1. The predicted octanol–water partition coefficient (Wildman–Crippen LogP) is 7.17. The van der Waals surface area contributed by atoms with Crippen LogP contribution in [0.4, 0.5) is 29.7 Å². The number of aromatic amines is 1. The van der Waals surface area contributed by atoms with Crippen LogP contribution in [0.25, 0.3) is 0 Å². The van der Waals surface area contributed by atoms with Crippen LogP contribution >= 0.6 is 23.2 Å². The normalized spacial score (nSPS) is 20.6. The third-order valence-electron chi connectivity index (χ3n) is 8.22. The molecule has 0 saturated heterocycles. The van der Waals surface area contributed by atoms with E-state index in [4.69, 9.17) is 37.4 Å². The average Bonchev–Trinajstić information content (AvgIpc) is 3.06. The van der Waals surface area contributed by atoms with Gasteiger partial charge in [-0.2, -0.15) is 0 Å². The SMILES string of the molecule is C.CC(C)(C)OC(=O)NC1CCC(N2C(=O)COc3ncc(F)cc32)CC1.CC(C)(C)OC(=O)NC1CCC(Nc2cc(F)c[nH]c2=O)CC1.O=C(Cl)CCl. The second kappa shape index (κ2) is 21.2. The predicted molar refractivity (Wildman–Crippen MR) is 207 cm³/mol. The van der Waals surface area contributed by atoms with Crippen LogP contribution in [-0.2, 0) is 19.1 Å². The highest BCUT2D eigenvalue weighted by atomic mass is 35.5. The monoisotopic (exact) mass is 818 g/mol. The molecule has 5 rings (SSSR count). The lowest BCUT2D eigenvalue weighted by Gasteiger charge is -2.39. The summed E-state index contributed by atoms with van der Waals surface area (Å²) in [5.41, 5.74) is -0.762. The van der Waals surface area contributed by atoms with Gasteiger partial charge in [0.2, 0.25) is 11.1 Å². The van der Waals surface area contributed by atoms with Crippen LogP contribution in [0.3, 0.4) is 0 Å². The molecular weight excluding hydrogens is 765 g/mol. The number of H-pyrrole nitrogens is 1. The summed E-state index contributed by atoms with van der Waals surface area (Å²) in [5, 5.41) is 8.31. The van der Waals surface area contributed by atoms with Gasteiger partial charge in [0.1, 0.15) is 34.2 Å². The summed E-state index contributed by atoms with van der Waals surface area (Å²) in [7, 11) is 0. The van der Waals surface area contributed by atoms with Crippen LogP contribution < -0.4 is 31.1 Å². The number of nitrogens with one attached hydrogen (secondary N) is 4. The first-order valence-corrected chi connectivity index (χ1v) is 18.6. The summed E-state index contributed by atoms with van der Waals surface area (Å²) in [5.74, 6) is -1.00. The van der Waals surface area contributed by atoms with E-state index in [2.05, 4.69) is 25.9 Å². The molecule has 4 N–H and O–H groups in total. The average molecular weight is 820 g/mol. The Hall–Kier alpha value is -4.18. The number of ether oxygens (including phenoxy) is 3. The van der Waals surface area contributed by atoms with E-state index in [0.717, 1.165) is 38.1 Å². The molecule has 2 aromatic heterocycles. The van der Waals surface area contributed by atoms with E-state index in [0.29, 0.717) is 31.4 Å². The van der Waals surface area contributed by atoms with Gasteiger partial charge >= 0.3 is 12.2 Å². The van der Waals surface area contributed by atoms with Crippen molar-refractivity contribution in [3.05, 3.63) is 46.5 Å². The summed E-state index contributed by atoms with van der Waals surface area (Å²) >= 11 is 9.55. The molecule has 3 amide bonds. The minimum Gasteiger partial charge on any atom is -0.466 e. The highest BCUT2D eigenvalue weighted by molar-refractivity contribution is 6.67. The number of pyridine rings is 2. The summed E-state index contributed by atoms with van der Waals surface area (Å²) in [4.78, 5) is 64.9. The van der Waals surface area contributed by atoms with Crippen molar-refractivity contribution < 1.29 is 42.2 Å². The number of carbonyl (C=O) groups is 4. The molecule has 2 aromatic rings. The number of hydrogen-bond acceptors (Lipinski definition) is 10. The Morgan fingerprint density at radius 1 is 0.873 bits per heavy atom. The Bertz CT molecular complexity index is 1650. The number of aromatic nitrogens is 2. The van der Waals surface area contributed by atoms with E-state index in [1.165, 1.54) is 12.1 Å². The van der Waals surface area contributed by atoms with Gasteiger partial charge in [-0.05, 0) is 105 Å². The van der Waals surface area contributed by atoms with Crippen LogP contribution in [0.1, 0.15) is 100 Å². The lowest BCUT2D eigenvalue weighted by Crippen LogP contribution is -2.50. The number of fused-ring (bicyclic) bond motifs is 1. The smallest absolute Gasteiger partial charge is 0.407 e. The minimum atomic E-state index is -0.539. The number of alkyl carbamates (subject to hydrolysis) is 2. The van der Waals surface area contributed by atoms with Crippen LogP contribution in [0.2, 0.25) is 0 Å². The zero-order valence-corrected chi connectivity index (χ0v) is 32.9. The molecule has 3 heterocycles. The summed E-state index contributed by atoms with van der Waals surface area (Å²) < 4.78 is 42.6. The van der Waals surface area contributed by atoms with Crippen molar-refractivity contribution in [1.82, 2.24) is 20.6 Å².